The number of hydrogen-bond acceptors (Lipinski definition) is 5. The highest BCUT2D eigenvalue weighted by molar-refractivity contribution is 5.25. The Morgan fingerprint density at radius 2 is 1.83 bits per heavy atom. The number of halogens is 3. The van der Waals surface area contributed by atoms with Crippen LogP contribution in [0.4, 0.5) is 13.2 Å². The second-order valence-electron chi connectivity index (χ2n) is 5.74. The number of rotatable bonds is 4. The van der Waals surface area contributed by atoms with Gasteiger partial charge < -0.3 is 20.4 Å². The molecule has 2 rings (SSSR count). The van der Waals surface area contributed by atoms with E-state index in [1.165, 1.54) is 6.07 Å². The van der Waals surface area contributed by atoms with Crippen LogP contribution in [-0.4, -0.2) is 69.4 Å². The molecule has 0 radical (unpaired) electrons. The molecule has 1 heterocycles. The molecule has 1 aliphatic rings. The van der Waals surface area contributed by atoms with E-state index < -0.39 is 42.7 Å². The lowest BCUT2D eigenvalue weighted by molar-refractivity contribution is -0.144. The van der Waals surface area contributed by atoms with E-state index in [-0.39, 0.29) is 19.5 Å². The van der Waals surface area contributed by atoms with E-state index in [0.29, 0.717) is 5.56 Å². The second kappa shape index (κ2) is 7.14. The fraction of sp³-hybridized carbons (Fsp3) is 0.600. The van der Waals surface area contributed by atoms with E-state index in [0.717, 1.165) is 12.1 Å². The molecule has 5 nitrogen and oxygen atoms in total. The third kappa shape index (κ3) is 4.21. The monoisotopic (exact) mass is 335 g/mol. The molecule has 130 valence electrons. The van der Waals surface area contributed by atoms with Gasteiger partial charge in [0.2, 0.25) is 0 Å². The van der Waals surface area contributed by atoms with Gasteiger partial charge in [0.15, 0.2) is 0 Å². The summed E-state index contributed by atoms with van der Waals surface area (Å²) in [4.78, 5) is 1.57. The highest BCUT2D eigenvalue weighted by atomic mass is 19.4. The fourth-order valence-corrected chi connectivity index (χ4v) is 2.81. The van der Waals surface area contributed by atoms with Gasteiger partial charge in [0.05, 0.1) is 24.3 Å². The number of aliphatic hydroxyl groups excluding tert-OH is 4. The summed E-state index contributed by atoms with van der Waals surface area (Å²) in [6.07, 6.45) is -7.99. The first-order chi connectivity index (χ1) is 10.7. The third-order valence-electron chi connectivity index (χ3n) is 4.16. The Morgan fingerprint density at radius 3 is 2.43 bits per heavy atom. The molecular formula is C15H20F3NO4. The third-order valence-corrected chi connectivity index (χ3v) is 4.16. The van der Waals surface area contributed by atoms with Crippen LogP contribution in [0.2, 0.25) is 0 Å². The van der Waals surface area contributed by atoms with E-state index in [1.54, 1.807) is 11.0 Å². The summed E-state index contributed by atoms with van der Waals surface area (Å²) in [5.41, 5.74) is -0.269. The fourth-order valence-electron chi connectivity index (χ4n) is 2.81. The topological polar surface area (TPSA) is 84.2 Å². The lowest BCUT2D eigenvalue weighted by atomic mass is 9.93. The van der Waals surface area contributed by atoms with Crippen LogP contribution in [0, 0.1) is 0 Å². The zero-order valence-corrected chi connectivity index (χ0v) is 12.3. The molecule has 0 bridgehead atoms. The van der Waals surface area contributed by atoms with Crippen LogP contribution in [0.3, 0.4) is 0 Å². The number of piperidine rings is 1. The van der Waals surface area contributed by atoms with Crippen LogP contribution >= 0.6 is 0 Å². The molecule has 1 saturated heterocycles. The summed E-state index contributed by atoms with van der Waals surface area (Å²) < 4.78 is 38.1. The largest absolute Gasteiger partial charge is 0.416 e. The Labute approximate surface area is 131 Å². The van der Waals surface area contributed by atoms with Crippen LogP contribution in [-0.2, 0) is 12.6 Å². The number of likely N-dealkylation sites (tertiary alicyclic amines) is 1. The molecule has 23 heavy (non-hydrogen) atoms. The molecule has 0 amide bonds. The molecule has 1 fully saturated rings. The quantitative estimate of drug-likeness (QED) is 0.623. The number of benzene rings is 1. The summed E-state index contributed by atoms with van der Waals surface area (Å²) in [6.45, 7) is -0.149. The van der Waals surface area contributed by atoms with E-state index in [2.05, 4.69) is 0 Å². The lowest BCUT2D eigenvalue weighted by Gasteiger charge is -2.43. The Hall–Kier alpha value is -1.19. The smallest absolute Gasteiger partial charge is 0.395 e. The van der Waals surface area contributed by atoms with E-state index >= 15 is 0 Å². The van der Waals surface area contributed by atoms with Gasteiger partial charge in [-0.05, 0) is 18.1 Å². The van der Waals surface area contributed by atoms with Gasteiger partial charge in [0.25, 0.3) is 0 Å². The SMILES string of the molecule is OC[C@@H]1[C@@H](O)[C@H](O)[C@@H](O)CN1CCc1cccc(C(F)(F)F)c1. The van der Waals surface area contributed by atoms with Crippen molar-refractivity contribution in [2.24, 2.45) is 0 Å². The van der Waals surface area contributed by atoms with Gasteiger partial charge in [-0.1, -0.05) is 18.2 Å². The van der Waals surface area contributed by atoms with Gasteiger partial charge in [0.1, 0.15) is 12.2 Å². The van der Waals surface area contributed by atoms with Gasteiger partial charge in [-0.25, -0.2) is 0 Å². The molecule has 4 atom stereocenters. The normalized spacial score (nSPS) is 29.7. The van der Waals surface area contributed by atoms with Crippen molar-refractivity contribution < 1.29 is 33.6 Å². The molecule has 0 unspecified atom stereocenters. The zero-order chi connectivity index (χ0) is 17.2. The predicted molar refractivity (Wildman–Crippen MR) is 75.6 cm³/mol. The maximum atomic E-state index is 12.7. The van der Waals surface area contributed by atoms with E-state index in [4.69, 9.17) is 0 Å². The Balaban J connectivity index is 2.05. The Bertz CT molecular complexity index is 526. The molecule has 1 aliphatic heterocycles. The standard InChI is InChI=1S/C15H20F3NO4/c16-15(17,18)10-3-1-2-9(6-10)4-5-19-7-12(21)14(23)13(22)11(19)8-20/h1-3,6,11-14,20-23H,4-5,7-8H2/t11-,12+,13-,14-/m1/s1. The van der Waals surface area contributed by atoms with Crippen LogP contribution in [0.1, 0.15) is 11.1 Å². The molecular weight excluding hydrogens is 315 g/mol. The van der Waals surface area contributed by atoms with Crippen LogP contribution in [0.5, 0.6) is 0 Å². The molecule has 0 aromatic heterocycles. The highest BCUT2D eigenvalue weighted by Crippen LogP contribution is 2.29. The molecule has 1 aromatic rings. The Morgan fingerprint density at radius 1 is 1.13 bits per heavy atom. The van der Waals surface area contributed by atoms with Crippen molar-refractivity contribution in [1.82, 2.24) is 4.90 Å². The Kier molecular flexibility index (Phi) is 5.64. The molecule has 1 aromatic carbocycles. The van der Waals surface area contributed by atoms with Crippen LogP contribution in [0.25, 0.3) is 0 Å². The molecule has 0 saturated carbocycles. The number of aliphatic hydroxyl groups is 4. The first-order valence-electron chi connectivity index (χ1n) is 7.29. The molecule has 4 N–H and O–H groups in total. The maximum Gasteiger partial charge on any atom is 0.416 e. The van der Waals surface area contributed by atoms with Crippen molar-refractivity contribution in [2.45, 2.75) is 37.0 Å². The summed E-state index contributed by atoms with van der Waals surface area (Å²) >= 11 is 0. The van der Waals surface area contributed by atoms with Crippen LogP contribution < -0.4 is 0 Å². The number of nitrogens with zero attached hydrogens (tertiary/aromatic N) is 1. The summed E-state index contributed by atoms with van der Waals surface area (Å²) in [7, 11) is 0. The van der Waals surface area contributed by atoms with Gasteiger partial charge in [-0.2, -0.15) is 13.2 Å². The van der Waals surface area contributed by atoms with Crippen LogP contribution in [0.15, 0.2) is 24.3 Å². The number of β-amino-alcohol motifs (C(OH)–C–C–N with tert-alkyl or cyclic N) is 1. The van der Waals surface area contributed by atoms with Crippen molar-refractivity contribution in [2.75, 3.05) is 19.7 Å². The second-order valence-corrected chi connectivity index (χ2v) is 5.74. The predicted octanol–water partition coefficient (Wildman–Crippen LogP) is 0.00710. The molecule has 0 aliphatic carbocycles. The average molecular weight is 335 g/mol. The van der Waals surface area contributed by atoms with Crippen molar-refractivity contribution in [3.8, 4) is 0 Å². The number of hydrogen-bond donors (Lipinski definition) is 4. The first kappa shape index (κ1) is 18.2. The van der Waals surface area contributed by atoms with Crippen molar-refractivity contribution in [1.29, 1.82) is 0 Å². The zero-order valence-electron chi connectivity index (χ0n) is 12.3. The van der Waals surface area contributed by atoms with Crippen molar-refractivity contribution >= 4 is 0 Å². The van der Waals surface area contributed by atoms with Gasteiger partial charge in [-0.15, -0.1) is 0 Å². The minimum atomic E-state index is -4.41. The highest BCUT2D eigenvalue weighted by Gasteiger charge is 2.40. The van der Waals surface area contributed by atoms with E-state index in [9.17, 15) is 33.6 Å². The van der Waals surface area contributed by atoms with Gasteiger partial charge in [0, 0.05) is 13.1 Å². The summed E-state index contributed by atoms with van der Waals surface area (Å²) in [5.74, 6) is 0. The first-order valence-corrected chi connectivity index (χ1v) is 7.29. The minimum absolute atomic E-state index is 0.0302. The van der Waals surface area contributed by atoms with Gasteiger partial charge >= 0.3 is 6.18 Å². The lowest BCUT2D eigenvalue weighted by Crippen LogP contribution is -2.62. The van der Waals surface area contributed by atoms with E-state index in [1.807, 2.05) is 0 Å². The van der Waals surface area contributed by atoms with Crippen molar-refractivity contribution in [3.63, 3.8) is 0 Å². The molecule has 0 spiro atoms. The van der Waals surface area contributed by atoms with Gasteiger partial charge in [-0.3, -0.25) is 4.90 Å². The summed E-state index contributed by atoms with van der Waals surface area (Å²) in [5, 5.41) is 38.5. The number of alkyl halides is 3. The minimum Gasteiger partial charge on any atom is -0.395 e. The van der Waals surface area contributed by atoms with Crippen molar-refractivity contribution in [3.05, 3.63) is 35.4 Å². The molecule has 8 heteroatoms. The average Bonchev–Trinajstić information content (AvgIpc) is 2.50. The summed E-state index contributed by atoms with van der Waals surface area (Å²) in [6, 6.07) is 4.17. The maximum absolute atomic E-state index is 12.7.